The van der Waals surface area contributed by atoms with Crippen molar-refractivity contribution in [3.8, 4) is 0 Å². The minimum atomic E-state index is -0.438. The van der Waals surface area contributed by atoms with E-state index in [1.807, 2.05) is 19.5 Å². The van der Waals surface area contributed by atoms with E-state index < -0.39 is 11.9 Å². The minimum absolute atomic E-state index is 0.304. The van der Waals surface area contributed by atoms with E-state index in [4.69, 9.17) is 0 Å². The number of carbonyl (C=O) groups is 2. The molecule has 0 spiro atoms. The summed E-state index contributed by atoms with van der Waals surface area (Å²) in [5.41, 5.74) is 1.86. The standard InChI is InChI=1S/C8H15NO4/c1-3-5-7(10)12-9-13-8(11)6-4-2/h9H,3-6H2,1-2H3. The Morgan fingerprint density at radius 1 is 1.00 bits per heavy atom. The Hall–Kier alpha value is -1.10. The van der Waals surface area contributed by atoms with Gasteiger partial charge in [0.25, 0.3) is 0 Å². The molecule has 0 atom stereocenters. The largest absolute Gasteiger partial charge is 0.336 e. The highest BCUT2D eigenvalue weighted by atomic mass is 16.9. The zero-order chi connectivity index (χ0) is 10.1. The summed E-state index contributed by atoms with van der Waals surface area (Å²) >= 11 is 0. The SMILES string of the molecule is CCCC(=O)ONOC(=O)CCC. The molecule has 13 heavy (non-hydrogen) atoms. The van der Waals surface area contributed by atoms with Crippen LogP contribution in [0.2, 0.25) is 0 Å². The second-order valence-corrected chi connectivity index (χ2v) is 2.53. The van der Waals surface area contributed by atoms with Gasteiger partial charge < -0.3 is 9.68 Å². The van der Waals surface area contributed by atoms with Gasteiger partial charge in [0.15, 0.2) is 0 Å². The molecule has 0 radical (unpaired) electrons. The number of hydrogen-bond acceptors (Lipinski definition) is 5. The smallest absolute Gasteiger partial charge is 0.328 e. The van der Waals surface area contributed by atoms with Gasteiger partial charge in [-0.25, -0.2) is 0 Å². The highest BCUT2D eigenvalue weighted by Gasteiger charge is 2.03. The van der Waals surface area contributed by atoms with Gasteiger partial charge in [0.2, 0.25) is 0 Å². The average Bonchev–Trinajstić information content (AvgIpc) is 2.05. The fourth-order valence-corrected chi connectivity index (χ4v) is 0.624. The second kappa shape index (κ2) is 7.54. The molecule has 0 heterocycles. The van der Waals surface area contributed by atoms with Gasteiger partial charge in [-0.2, -0.15) is 0 Å². The topological polar surface area (TPSA) is 64.6 Å². The molecule has 0 bridgehead atoms. The van der Waals surface area contributed by atoms with Crippen LogP contribution in [0.1, 0.15) is 39.5 Å². The Kier molecular flexibility index (Phi) is 6.91. The van der Waals surface area contributed by atoms with Crippen LogP contribution in [0.3, 0.4) is 0 Å². The van der Waals surface area contributed by atoms with Crippen molar-refractivity contribution in [2.24, 2.45) is 0 Å². The summed E-state index contributed by atoms with van der Waals surface area (Å²) in [6.45, 7) is 3.70. The van der Waals surface area contributed by atoms with Gasteiger partial charge in [-0.15, -0.1) is 0 Å². The van der Waals surface area contributed by atoms with Crippen molar-refractivity contribution in [2.45, 2.75) is 39.5 Å². The van der Waals surface area contributed by atoms with Gasteiger partial charge in [0.05, 0.1) is 0 Å². The van der Waals surface area contributed by atoms with E-state index in [1.54, 1.807) is 0 Å². The number of hydrogen-bond donors (Lipinski definition) is 1. The molecular formula is C8H15NO4. The lowest BCUT2D eigenvalue weighted by Gasteiger charge is -2.03. The van der Waals surface area contributed by atoms with E-state index in [0.717, 1.165) is 0 Å². The molecule has 0 aromatic heterocycles. The van der Waals surface area contributed by atoms with Crippen LogP contribution in [0.5, 0.6) is 0 Å². The summed E-state index contributed by atoms with van der Waals surface area (Å²) in [5.74, 6) is -0.876. The van der Waals surface area contributed by atoms with Gasteiger partial charge in [-0.1, -0.05) is 13.8 Å². The van der Waals surface area contributed by atoms with Crippen LogP contribution in [0, 0.1) is 0 Å². The van der Waals surface area contributed by atoms with Crippen molar-refractivity contribution >= 4 is 11.9 Å². The van der Waals surface area contributed by atoms with Crippen LogP contribution in [-0.4, -0.2) is 11.9 Å². The molecule has 5 heteroatoms. The Morgan fingerprint density at radius 2 is 1.38 bits per heavy atom. The predicted octanol–water partition coefficient (Wildman–Crippen LogP) is 1.09. The van der Waals surface area contributed by atoms with E-state index in [9.17, 15) is 9.59 Å². The first-order valence-corrected chi connectivity index (χ1v) is 4.35. The lowest BCUT2D eigenvalue weighted by molar-refractivity contribution is -0.198. The lowest BCUT2D eigenvalue weighted by Crippen LogP contribution is -2.23. The summed E-state index contributed by atoms with van der Waals surface area (Å²) in [4.78, 5) is 30.1. The van der Waals surface area contributed by atoms with Gasteiger partial charge in [-0.3, -0.25) is 9.59 Å². The molecule has 0 unspecified atom stereocenters. The van der Waals surface area contributed by atoms with Crippen LogP contribution >= 0.6 is 0 Å². The third-order valence-electron chi connectivity index (χ3n) is 1.22. The van der Waals surface area contributed by atoms with E-state index in [2.05, 4.69) is 9.68 Å². The van der Waals surface area contributed by atoms with Crippen LogP contribution < -0.4 is 5.64 Å². The van der Waals surface area contributed by atoms with Crippen molar-refractivity contribution in [1.82, 2.24) is 5.64 Å². The monoisotopic (exact) mass is 189 g/mol. The Bertz CT molecular complexity index is 152. The number of carbonyl (C=O) groups excluding carboxylic acids is 2. The molecule has 76 valence electrons. The Balaban J connectivity index is 3.33. The molecule has 0 aromatic rings. The van der Waals surface area contributed by atoms with E-state index in [-0.39, 0.29) is 0 Å². The first-order chi connectivity index (χ1) is 6.20. The Labute approximate surface area is 77.3 Å². The molecular weight excluding hydrogens is 174 g/mol. The fraction of sp³-hybridized carbons (Fsp3) is 0.750. The predicted molar refractivity (Wildman–Crippen MR) is 45.1 cm³/mol. The second-order valence-electron chi connectivity index (χ2n) is 2.53. The minimum Gasteiger partial charge on any atom is -0.336 e. The molecule has 0 aliphatic carbocycles. The van der Waals surface area contributed by atoms with Crippen molar-refractivity contribution < 1.29 is 19.3 Å². The van der Waals surface area contributed by atoms with Crippen molar-refractivity contribution in [3.63, 3.8) is 0 Å². The normalized spacial score (nSPS) is 9.38. The van der Waals surface area contributed by atoms with Gasteiger partial charge in [0.1, 0.15) is 0 Å². The first kappa shape index (κ1) is 11.9. The van der Waals surface area contributed by atoms with Crippen molar-refractivity contribution in [1.29, 1.82) is 0 Å². The lowest BCUT2D eigenvalue weighted by atomic mass is 10.3. The highest BCUT2D eigenvalue weighted by molar-refractivity contribution is 5.70. The fourth-order valence-electron chi connectivity index (χ4n) is 0.624. The molecule has 0 fully saturated rings. The summed E-state index contributed by atoms with van der Waals surface area (Å²) < 4.78 is 0. The van der Waals surface area contributed by atoms with Crippen molar-refractivity contribution in [3.05, 3.63) is 0 Å². The molecule has 0 saturated heterocycles. The van der Waals surface area contributed by atoms with Crippen LogP contribution in [0.4, 0.5) is 0 Å². The van der Waals surface area contributed by atoms with Crippen LogP contribution in [0.15, 0.2) is 0 Å². The molecule has 0 amide bonds. The highest BCUT2D eigenvalue weighted by Crippen LogP contribution is 1.91. The van der Waals surface area contributed by atoms with Gasteiger partial charge >= 0.3 is 11.9 Å². The zero-order valence-corrected chi connectivity index (χ0v) is 7.96. The number of rotatable bonds is 6. The third kappa shape index (κ3) is 7.27. The molecule has 1 N–H and O–H groups in total. The molecule has 0 aromatic carbocycles. The van der Waals surface area contributed by atoms with Crippen molar-refractivity contribution in [2.75, 3.05) is 0 Å². The molecule has 0 saturated carbocycles. The molecule has 0 rings (SSSR count). The molecule has 5 nitrogen and oxygen atoms in total. The zero-order valence-electron chi connectivity index (χ0n) is 7.96. The molecule has 0 aliphatic rings. The Morgan fingerprint density at radius 3 is 1.69 bits per heavy atom. The van der Waals surface area contributed by atoms with Crippen LogP contribution in [0.25, 0.3) is 0 Å². The van der Waals surface area contributed by atoms with Crippen LogP contribution in [-0.2, 0) is 19.3 Å². The maximum absolute atomic E-state index is 10.7. The quantitative estimate of drug-likeness (QED) is 0.633. The van der Waals surface area contributed by atoms with E-state index >= 15 is 0 Å². The van der Waals surface area contributed by atoms with Gasteiger partial charge in [-0.05, 0) is 12.8 Å². The maximum Gasteiger partial charge on any atom is 0.328 e. The first-order valence-electron chi connectivity index (χ1n) is 4.35. The van der Waals surface area contributed by atoms with Gasteiger partial charge in [0, 0.05) is 18.5 Å². The summed E-state index contributed by atoms with van der Waals surface area (Å²) in [6, 6.07) is 0. The van der Waals surface area contributed by atoms with E-state index in [0.29, 0.717) is 25.7 Å². The van der Waals surface area contributed by atoms with E-state index in [1.165, 1.54) is 0 Å². The summed E-state index contributed by atoms with van der Waals surface area (Å²) in [6.07, 6.45) is 2.00. The summed E-state index contributed by atoms with van der Waals surface area (Å²) in [7, 11) is 0. The third-order valence-corrected chi connectivity index (χ3v) is 1.22. The number of nitrogens with one attached hydrogen (secondary N) is 1. The average molecular weight is 189 g/mol. The summed E-state index contributed by atoms with van der Waals surface area (Å²) in [5, 5.41) is 0. The maximum atomic E-state index is 10.7. The molecule has 0 aliphatic heterocycles.